The number of carbonyl (C=O) groups is 2. The third kappa shape index (κ3) is 3.70. The van der Waals surface area contributed by atoms with Crippen LogP contribution in [0.3, 0.4) is 0 Å². The predicted octanol–water partition coefficient (Wildman–Crippen LogP) is 5.65. The fourth-order valence-corrected chi connectivity index (χ4v) is 4.70. The molecule has 0 unspecified atom stereocenters. The summed E-state index contributed by atoms with van der Waals surface area (Å²) in [5, 5.41) is 43.7. The Bertz CT molecular complexity index is 1180. The lowest BCUT2D eigenvalue weighted by Crippen LogP contribution is -2.41. The Hall–Kier alpha value is -3.13. The van der Waals surface area contributed by atoms with Crippen molar-refractivity contribution in [2.45, 2.75) is 65.4 Å². The molecular formula is C25H29ClO8. The number of benzene rings is 2. The first kappa shape index (κ1) is 25.5. The Morgan fingerprint density at radius 2 is 1.59 bits per heavy atom. The summed E-state index contributed by atoms with van der Waals surface area (Å²) in [6.45, 7) is 6.96. The first-order valence-electron chi connectivity index (χ1n) is 11.2. The number of methoxy groups -OCH3 is 1. The Morgan fingerprint density at radius 1 is 1.00 bits per heavy atom. The number of carbonyl (C=O) groups excluding carboxylic acids is 2. The van der Waals surface area contributed by atoms with Crippen LogP contribution < -0.4 is 9.47 Å². The van der Waals surface area contributed by atoms with E-state index in [1.165, 1.54) is 14.0 Å². The van der Waals surface area contributed by atoms with Gasteiger partial charge >= 0.3 is 0 Å². The number of phenolic OH excluding ortho intramolecular Hbond substituents is 4. The van der Waals surface area contributed by atoms with Crippen molar-refractivity contribution in [1.29, 1.82) is 0 Å². The van der Waals surface area contributed by atoms with Gasteiger partial charge in [-0.15, -0.1) is 0 Å². The van der Waals surface area contributed by atoms with Gasteiger partial charge in [-0.2, -0.15) is 0 Å². The highest BCUT2D eigenvalue weighted by molar-refractivity contribution is 6.35. The molecule has 0 atom stereocenters. The molecule has 0 aliphatic carbocycles. The molecule has 34 heavy (non-hydrogen) atoms. The molecule has 2 aromatic rings. The summed E-state index contributed by atoms with van der Waals surface area (Å²) >= 11 is 6.41. The standard InChI is InChI=1S/C25H29ClO8/c1-6-9-12(27)14-20(30)16(19(29)11(4)23(14)33-5)17-21(31)15-13(28)10-25(7-2,8-3)34-24(15)18(26)22(17)32/h29-32H,6-10H2,1-5H3. The minimum absolute atomic E-state index is 0.0268. The van der Waals surface area contributed by atoms with Crippen LogP contribution in [0.1, 0.15) is 79.2 Å². The fourth-order valence-electron chi connectivity index (χ4n) is 4.47. The zero-order valence-electron chi connectivity index (χ0n) is 19.8. The molecule has 0 saturated carbocycles. The largest absolute Gasteiger partial charge is 0.507 e. The van der Waals surface area contributed by atoms with Crippen molar-refractivity contribution in [3.05, 3.63) is 21.7 Å². The lowest BCUT2D eigenvalue weighted by molar-refractivity contribution is 0.0344. The third-order valence-electron chi connectivity index (χ3n) is 6.56. The van der Waals surface area contributed by atoms with E-state index in [2.05, 4.69) is 0 Å². The average molecular weight is 493 g/mol. The zero-order valence-corrected chi connectivity index (χ0v) is 20.6. The summed E-state index contributed by atoms with van der Waals surface area (Å²) < 4.78 is 11.3. The zero-order chi connectivity index (χ0) is 25.5. The van der Waals surface area contributed by atoms with Gasteiger partial charge in [0.1, 0.15) is 50.5 Å². The fraction of sp³-hybridized carbons (Fsp3) is 0.440. The molecule has 0 saturated heterocycles. The molecule has 0 spiro atoms. The van der Waals surface area contributed by atoms with Gasteiger partial charge < -0.3 is 29.9 Å². The van der Waals surface area contributed by atoms with E-state index in [1.54, 1.807) is 6.92 Å². The van der Waals surface area contributed by atoms with Crippen LogP contribution in [0.2, 0.25) is 5.02 Å². The smallest absolute Gasteiger partial charge is 0.174 e. The predicted molar refractivity (Wildman–Crippen MR) is 127 cm³/mol. The van der Waals surface area contributed by atoms with E-state index in [-0.39, 0.29) is 46.1 Å². The molecule has 0 amide bonds. The summed E-state index contributed by atoms with van der Waals surface area (Å²) in [5.74, 6) is -3.80. The lowest BCUT2D eigenvalue weighted by atomic mass is 9.83. The van der Waals surface area contributed by atoms with E-state index >= 15 is 0 Å². The summed E-state index contributed by atoms with van der Waals surface area (Å²) in [7, 11) is 1.29. The van der Waals surface area contributed by atoms with Crippen molar-refractivity contribution < 1.29 is 39.5 Å². The van der Waals surface area contributed by atoms with Crippen LogP contribution in [0.25, 0.3) is 11.1 Å². The Labute approximate surface area is 202 Å². The highest BCUT2D eigenvalue weighted by atomic mass is 35.5. The molecule has 2 aromatic carbocycles. The maximum Gasteiger partial charge on any atom is 0.174 e. The second-order valence-corrected chi connectivity index (χ2v) is 8.84. The third-order valence-corrected chi connectivity index (χ3v) is 6.91. The number of phenols is 4. The summed E-state index contributed by atoms with van der Waals surface area (Å²) in [6, 6.07) is 0. The maximum absolute atomic E-state index is 13.1. The van der Waals surface area contributed by atoms with Crippen LogP contribution in [0, 0.1) is 6.92 Å². The minimum atomic E-state index is -0.838. The maximum atomic E-state index is 13.1. The number of ether oxygens (including phenoxy) is 2. The van der Waals surface area contributed by atoms with Crippen molar-refractivity contribution in [1.82, 2.24) is 0 Å². The van der Waals surface area contributed by atoms with Gasteiger partial charge in [0, 0.05) is 12.0 Å². The van der Waals surface area contributed by atoms with Gasteiger partial charge in [-0.1, -0.05) is 32.4 Å². The van der Waals surface area contributed by atoms with Crippen LogP contribution in [0.15, 0.2) is 0 Å². The number of hydrogen-bond donors (Lipinski definition) is 4. The van der Waals surface area contributed by atoms with Gasteiger partial charge in [-0.05, 0) is 26.2 Å². The number of halogens is 1. The van der Waals surface area contributed by atoms with Crippen molar-refractivity contribution >= 4 is 23.2 Å². The second-order valence-electron chi connectivity index (χ2n) is 8.46. The number of fused-ring (bicyclic) bond motifs is 1. The van der Waals surface area contributed by atoms with Gasteiger partial charge in [0.15, 0.2) is 17.3 Å². The molecule has 0 fully saturated rings. The number of hydrogen-bond acceptors (Lipinski definition) is 8. The Kier molecular flexibility index (Phi) is 6.94. The monoisotopic (exact) mass is 492 g/mol. The van der Waals surface area contributed by atoms with Crippen LogP contribution in [-0.4, -0.2) is 44.7 Å². The Morgan fingerprint density at radius 3 is 2.12 bits per heavy atom. The Balaban J connectivity index is 2.41. The highest BCUT2D eigenvalue weighted by Gasteiger charge is 2.43. The molecule has 1 aliphatic heterocycles. The number of Topliss-reactive ketones (excluding diaryl/α,β-unsaturated/α-hetero) is 2. The quantitative estimate of drug-likeness (QED) is 0.364. The van der Waals surface area contributed by atoms with Gasteiger partial charge in [-0.3, -0.25) is 9.59 Å². The van der Waals surface area contributed by atoms with Crippen molar-refractivity contribution in [2.75, 3.05) is 7.11 Å². The van der Waals surface area contributed by atoms with Crippen LogP contribution >= 0.6 is 11.6 Å². The van der Waals surface area contributed by atoms with E-state index in [0.29, 0.717) is 19.3 Å². The van der Waals surface area contributed by atoms with E-state index < -0.39 is 51.3 Å². The molecular weight excluding hydrogens is 464 g/mol. The van der Waals surface area contributed by atoms with Crippen LogP contribution in [-0.2, 0) is 0 Å². The summed E-state index contributed by atoms with van der Waals surface area (Å²) in [6.07, 6.45) is 1.53. The lowest BCUT2D eigenvalue weighted by Gasteiger charge is -2.37. The first-order chi connectivity index (χ1) is 16.0. The highest BCUT2D eigenvalue weighted by Crippen LogP contribution is 2.59. The number of aromatic hydroxyl groups is 4. The minimum Gasteiger partial charge on any atom is -0.507 e. The van der Waals surface area contributed by atoms with Gasteiger partial charge in [0.25, 0.3) is 0 Å². The van der Waals surface area contributed by atoms with Gasteiger partial charge in [0.2, 0.25) is 0 Å². The van der Waals surface area contributed by atoms with Crippen molar-refractivity contribution in [3.8, 4) is 45.6 Å². The average Bonchev–Trinajstić information content (AvgIpc) is 2.81. The molecule has 1 heterocycles. The van der Waals surface area contributed by atoms with E-state index in [0.717, 1.165) is 0 Å². The SMILES string of the molecule is CCCC(=O)c1c(O)c(-c2c(O)c(Cl)c3c(c2O)C(=O)CC(CC)(CC)O3)c(O)c(C)c1OC. The van der Waals surface area contributed by atoms with E-state index in [9.17, 15) is 30.0 Å². The molecule has 8 nitrogen and oxygen atoms in total. The van der Waals surface area contributed by atoms with Crippen molar-refractivity contribution in [3.63, 3.8) is 0 Å². The normalized spacial score (nSPS) is 14.5. The molecule has 0 radical (unpaired) electrons. The molecule has 184 valence electrons. The molecule has 3 rings (SSSR count). The molecule has 0 bridgehead atoms. The second kappa shape index (κ2) is 9.25. The summed E-state index contributed by atoms with van der Waals surface area (Å²) in [5.41, 5.74) is -2.12. The first-order valence-corrected chi connectivity index (χ1v) is 11.5. The number of ketones is 2. The number of rotatable bonds is 7. The van der Waals surface area contributed by atoms with E-state index in [4.69, 9.17) is 21.1 Å². The van der Waals surface area contributed by atoms with Gasteiger partial charge in [-0.25, -0.2) is 0 Å². The molecule has 1 aliphatic rings. The summed E-state index contributed by atoms with van der Waals surface area (Å²) in [4.78, 5) is 25.9. The topological polar surface area (TPSA) is 134 Å². The van der Waals surface area contributed by atoms with Gasteiger partial charge in [0.05, 0.1) is 24.7 Å². The molecule has 9 heteroatoms. The van der Waals surface area contributed by atoms with Crippen LogP contribution in [0.4, 0.5) is 0 Å². The van der Waals surface area contributed by atoms with E-state index in [1.807, 2.05) is 13.8 Å². The molecule has 0 aromatic heterocycles. The van der Waals surface area contributed by atoms with Crippen molar-refractivity contribution in [2.24, 2.45) is 0 Å². The molecule has 4 N–H and O–H groups in total. The van der Waals surface area contributed by atoms with Crippen LogP contribution in [0.5, 0.6) is 34.5 Å².